The minimum absolute atomic E-state index is 0.0245. The minimum Gasteiger partial charge on any atom is -0.507 e. The van der Waals surface area contributed by atoms with Crippen molar-refractivity contribution in [3.8, 4) is 11.5 Å². The Hall–Kier alpha value is -3.49. The highest BCUT2D eigenvalue weighted by Crippen LogP contribution is 2.30. The highest BCUT2D eigenvalue weighted by molar-refractivity contribution is 5.87. The Morgan fingerprint density at radius 3 is 2.09 bits per heavy atom. The normalized spacial score (nSPS) is 10.7. The average Bonchev–Trinajstić information content (AvgIpc) is 2.47. The summed E-state index contributed by atoms with van der Waals surface area (Å²) in [6.45, 7) is 0. The van der Waals surface area contributed by atoms with E-state index in [-0.39, 0.29) is 28.4 Å². The van der Waals surface area contributed by atoms with Crippen molar-refractivity contribution < 1.29 is 20.1 Å². The third-order valence-electron chi connectivity index (χ3n) is 2.73. The van der Waals surface area contributed by atoms with Crippen molar-refractivity contribution in [3.05, 3.63) is 62.2 Å². The maximum absolute atomic E-state index is 10.7. The quantitative estimate of drug-likeness (QED) is 0.505. The minimum atomic E-state index is -0.667. The number of benzene rings is 2. The van der Waals surface area contributed by atoms with Gasteiger partial charge in [0.2, 0.25) is 0 Å². The maximum Gasteiger partial charge on any atom is 0.273 e. The Balaban J connectivity index is 2.34. The second-order valence-corrected chi connectivity index (χ2v) is 4.19. The van der Waals surface area contributed by atoms with Crippen molar-refractivity contribution in [2.24, 2.45) is 4.99 Å². The summed E-state index contributed by atoms with van der Waals surface area (Å²) in [6.07, 6.45) is 1.11. The monoisotopic (exact) mass is 303 g/mol. The number of hydrogen-bond donors (Lipinski definition) is 2. The number of nitro groups is 2. The van der Waals surface area contributed by atoms with E-state index in [1.54, 1.807) is 0 Å². The second-order valence-electron chi connectivity index (χ2n) is 4.19. The van der Waals surface area contributed by atoms with Crippen LogP contribution in [0.5, 0.6) is 11.5 Å². The van der Waals surface area contributed by atoms with Gasteiger partial charge in [0.25, 0.3) is 11.4 Å². The molecule has 2 aromatic rings. The summed E-state index contributed by atoms with van der Waals surface area (Å²) in [5, 5.41) is 40.5. The number of nitro benzene ring substituents is 2. The topological polar surface area (TPSA) is 139 Å². The molecule has 0 fully saturated rings. The molecular weight excluding hydrogens is 294 g/mol. The summed E-state index contributed by atoms with van der Waals surface area (Å²) in [6, 6.07) is 6.70. The molecule has 0 radical (unpaired) electrons. The van der Waals surface area contributed by atoms with Crippen LogP contribution in [-0.2, 0) is 0 Å². The predicted octanol–water partition coefficient (Wildman–Crippen LogP) is 2.66. The Kier molecular flexibility index (Phi) is 3.98. The van der Waals surface area contributed by atoms with Crippen LogP contribution in [0.1, 0.15) is 5.56 Å². The highest BCUT2D eigenvalue weighted by atomic mass is 16.6. The van der Waals surface area contributed by atoms with E-state index < -0.39 is 15.6 Å². The second kappa shape index (κ2) is 5.87. The van der Waals surface area contributed by atoms with Gasteiger partial charge in [0.05, 0.1) is 15.9 Å². The zero-order chi connectivity index (χ0) is 16.3. The van der Waals surface area contributed by atoms with Crippen LogP contribution in [-0.4, -0.2) is 26.3 Å². The highest BCUT2D eigenvalue weighted by Gasteiger charge is 2.11. The van der Waals surface area contributed by atoms with E-state index in [0.717, 1.165) is 36.5 Å². The lowest BCUT2D eigenvalue weighted by molar-refractivity contribution is -0.385. The standard InChI is InChI=1S/C13H9N3O6/c17-12-4-2-9(15(19)20)5-8(12)7-14-11-3-1-10(16(21)22)6-13(11)18/h1-7,17-18H. The van der Waals surface area contributed by atoms with Gasteiger partial charge in [-0.25, -0.2) is 0 Å². The molecule has 2 aromatic carbocycles. The van der Waals surface area contributed by atoms with Gasteiger partial charge in [-0.3, -0.25) is 25.2 Å². The van der Waals surface area contributed by atoms with Gasteiger partial charge < -0.3 is 10.2 Å². The zero-order valence-corrected chi connectivity index (χ0v) is 10.9. The molecule has 0 aliphatic carbocycles. The van der Waals surface area contributed by atoms with Gasteiger partial charge >= 0.3 is 0 Å². The average molecular weight is 303 g/mol. The molecule has 0 aliphatic heterocycles. The number of aliphatic imine (C=N–C) groups is 1. The molecule has 112 valence electrons. The van der Waals surface area contributed by atoms with Crippen LogP contribution in [0.3, 0.4) is 0 Å². The largest absolute Gasteiger partial charge is 0.507 e. The van der Waals surface area contributed by atoms with Crippen molar-refractivity contribution in [3.63, 3.8) is 0 Å². The summed E-state index contributed by atoms with van der Waals surface area (Å²) in [7, 11) is 0. The van der Waals surface area contributed by atoms with E-state index in [1.165, 1.54) is 6.07 Å². The molecule has 0 amide bonds. The number of nitrogens with zero attached hydrogens (tertiary/aromatic N) is 3. The molecule has 9 nitrogen and oxygen atoms in total. The van der Waals surface area contributed by atoms with E-state index in [0.29, 0.717) is 0 Å². The summed E-state index contributed by atoms with van der Waals surface area (Å²) in [5.74, 6) is -0.647. The lowest BCUT2D eigenvalue weighted by atomic mass is 10.2. The molecule has 2 rings (SSSR count). The first-order chi connectivity index (χ1) is 10.4. The molecule has 0 bridgehead atoms. The molecule has 0 aliphatic rings. The molecule has 22 heavy (non-hydrogen) atoms. The van der Waals surface area contributed by atoms with Crippen molar-refractivity contribution in [2.75, 3.05) is 0 Å². The van der Waals surface area contributed by atoms with Gasteiger partial charge in [0.1, 0.15) is 17.2 Å². The maximum atomic E-state index is 10.7. The number of phenolic OH excluding ortho intramolecular Hbond substituents is 2. The number of aromatic hydroxyl groups is 2. The Morgan fingerprint density at radius 1 is 0.909 bits per heavy atom. The van der Waals surface area contributed by atoms with Gasteiger partial charge in [-0.1, -0.05) is 0 Å². The van der Waals surface area contributed by atoms with Crippen molar-refractivity contribution in [2.45, 2.75) is 0 Å². The Morgan fingerprint density at radius 2 is 1.50 bits per heavy atom. The molecule has 0 unspecified atom stereocenters. The molecule has 0 heterocycles. The van der Waals surface area contributed by atoms with E-state index in [4.69, 9.17) is 0 Å². The predicted molar refractivity (Wildman–Crippen MR) is 76.8 cm³/mol. The summed E-state index contributed by atoms with van der Waals surface area (Å²) < 4.78 is 0. The fraction of sp³-hybridized carbons (Fsp3) is 0. The zero-order valence-electron chi connectivity index (χ0n) is 10.9. The molecule has 0 saturated carbocycles. The van der Waals surface area contributed by atoms with Crippen LogP contribution in [0.25, 0.3) is 0 Å². The number of phenols is 2. The van der Waals surface area contributed by atoms with E-state index in [2.05, 4.69) is 4.99 Å². The van der Waals surface area contributed by atoms with Gasteiger partial charge in [0, 0.05) is 30.0 Å². The van der Waals surface area contributed by atoms with Crippen LogP contribution in [0.2, 0.25) is 0 Å². The number of non-ortho nitro benzene ring substituents is 2. The van der Waals surface area contributed by atoms with Crippen LogP contribution in [0, 0.1) is 20.2 Å². The van der Waals surface area contributed by atoms with Crippen LogP contribution >= 0.6 is 0 Å². The first-order valence-corrected chi connectivity index (χ1v) is 5.87. The Bertz CT molecular complexity index is 787. The molecule has 9 heteroatoms. The fourth-order valence-electron chi connectivity index (χ4n) is 1.63. The van der Waals surface area contributed by atoms with Gasteiger partial charge in [-0.05, 0) is 12.1 Å². The van der Waals surface area contributed by atoms with Gasteiger partial charge in [-0.15, -0.1) is 0 Å². The number of rotatable bonds is 4. The lowest BCUT2D eigenvalue weighted by Gasteiger charge is -2.00. The molecule has 0 saturated heterocycles. The van der Waals surface area contributed by atoms with Crippen molar-refractivity contribution >= 4 is 23.3 Å². The lowest BCUT2D eigenvalue weighted by Crippen LogP contribution is -1.90. The van der Waals surface area contributed by atoms with Crippen LogP contribution in [0.4, 0.5) is 17.1 Å². The van der Waals surface area contributed by atoms with Crippen molar-refractivity contribution in [1.29, 1.82) is 0 Å². The Labute approximate surface area is 123 Å². The van der Waals surface area contributed by atoms with E-state index >= 15 is 0 Å². The first kappa shape index (κ1) is 14.9. The smallest absolute Gasteiger partial charge is 0.273 e. The van der Waals surface area contributed by atoms with E-state index in [1.807, 2.05) is 0 Å². The van der Waals surface area contributed by atoms with Gasteiger partial charge in [0.15, 0.2) is 0 Å². The van der Waals surface area contributed by atoms with Gasteiger partial charge in [-0.2, -0.15) is 0 Å². The summed E-state index contributed by atoms with van der Waals surface area (Å²) in [5.41, 5.74) is -0.426. The molecule has 0 spiro atoms. The van der Waals surface area contributed by atoms with E-state index in [9.17, 15) is 30.4 Å². The number of hydrogen-bond acceptors (Lipinski definition) is 7. The fourth-order valence-corrected chi connectivity index (χ4v) is 1.63. The van der Waals surface area contributed by atoms with Crippen LogP contribution in [0.15, 0.2) is 41.4 Å². The molecule has 0 aromatic heterocycles. The molecule has 0 atom stereocenters. The third-order valence-corrected chi connectivity index (χ3v) is 2.73. The van der Waals surface area contributed by atoms with Crippen molar-refractivity contribution in [1.82, 2.24) is 0 Å². The SMILES string of the molecule is O=[N+]([O-])c1ccc(N=Cc2cc([N+](=O)[O-])ccc2O)c(O)c1. The van der Waals surface area contributed by atoms with Crippen LogP contribution < -0.4 is 0 Å². The molecule has 2 N–H and O–H groups in total. The summed E-state index contributed by atoms with van der Waals surface area (Å²) in [4.78, 5) is 23.8. The third kappa shape index (κ3) is 3.15. The summed E-state index contributed by atoms with van der Waals surface area (Å²) >= 11 is 0. The molecular formula is C13H9N3O6. The first-order valence-electron chi connectivity index (χ1n) is 5.87.